The van der Waals surface area contributed by atoms with Crippen molar-refractivity contribution in [1.82, 2.24) is 10.3 Å². The van der Waals surface area contributed by atoms with Gasteiger partial charge in [0.2, 0.25) is 5.95 Å². The van der Waals surface area contributed by atoms with Crippen LogP contribution in [0.5, 0.6) is 11.5 Å². The molecule has 0 saturated carbocycles. The number of carbonyl (C=O) groups excluding carboxylic acids is 1. The van der Waals surface area contributed by atoms with Crippen LogP contribution in [0.4, 0.5) is 9.18 Å². The molecular weight excluding hydrogens is 437 g/mol. The molecule has 3 aromatic rings. The van der Waals surface area contributed by atoms with Gasteiger partial charge in [0.15, 0.2) is 0 Å². The lowest BCUT2D eigenvalue weighted by molar-refractivity contribution is 0.0545. The molecule has 0 unspecified atom stereocenters. The standard InChI is InChI=1S/C26H23FN3O4/c1-25(2,3)34-24(31)29-22-14-32-15-26(30-22)18-8-4-5-9-20(18)33-21-11-10-16(13-19(21)26)17-7-6-12-28-23(17)27/h5-13H,14-15H2,1-3H3,(H,29,30,31)/t26-/m0/s1. The van der Waals surface area contributed by atoms with E-state index in [1.54, 1.807) is 63.2 Å². The minimum atomic E-state index is -1.03. The van der Waals surface area contributed by atoms with Crippen molar-refractivity contribution in [3.8, 4) is 22.6 Å². The van der Waals surface area contributed by atoms with E-state index in [1.165, 1.54) is 6.20 Å². The fourth-order valence-corrected chi connectivity index (χ4v) is 4.15. The molecule has 1 spiro atoms. The number of hydrogen-bond donors (Lipinski definition) is 1. The van der Waals surface area contributed by atoms with Gasteiger partial charge in [-0.15, -0.1) is 0 Å². The predicted molar refractivity (Wildman–Crippen MR) is 123 cm³/mol. The minimum Gasteiger partial charge on any atom is -0.457 e. The second-order valence-electron chi connectivity index (χ2n) is 9.12. The Kier molecular flexibility index (Phi) is 5.32. The van der Waals surface area contributed by atoms with Crippen LogP contribution in [-0.4, -0.2) is 35.7 Å². The summed E-state index contributed by atoms with van der Waals surface area (Å²) in [6.07, 6.45) is 0.784. The lowest BCUT2D eigenvalue weighted by atomic mass is 9.79. The summed E-state index contributed by atoms with van der Waals surface area (Å²) in [5, 5.41) is 2.71. The molecule has 1 N–H and O–H groups in total. The zero-order valence-electron chi connectivity index (χ0n) is 19.0. The van der Waals surface area contributed by atoms with Crippen LogP contribution in [0.2, 0.25) is 0 Å². The van der Waals surface area contributed by atoms with Crippen molar-refractivity contribution in [2.24, 2.45) is 4.99 Å². The Morgan fingerprint density at radius 1 is 1.21 bits per heavy atom. The molecule has 173 valence electrons. The number of ether oxygens (including phenoxy) is 3. The van der Waals surface area contributed by atoms with E-state index in [1.807, 2.05) is 6.07 Å². The highest BCUT2D eigenvalue weighted by Gasteiger charge is 2.45. The lowest BCUT2D eigenvalue weighted by Gasteiger charge is -2.39. The Morgan fingerprint density at radius 2 is 2.03 bits per heavy atom. The fourth-order valence-electron chi connectivity index (χ4n) is 4.15. The quantitative estimate of drug-likeness (QED) is 0.518. The molecule has 3 heterocycles. The van der Waals surface area contributed by atoms with E-state index in [4.69, 9.17) is 19.2 Å². The van der Waals surface area contributed by atoms with Gasteiger partial charge in [-0.05, 0) is 68.8 Å². The fraction of sp³-hybridized carbons (Fsp3) is 0.269. The molecule has 5 rings (SSSR count). The molecule has 2 aliphatic heterocycles. The summed E-state index contributed by atoms with van der Waals surface area (Å²) in [7, 11) is 0. The number of rotatable bonds is 1. The Morgan fingerprint density at radius 3 is 2.82 bits per heavy atom. The zero-order chi connectivity index (χ0) is 23.9. The van der Waals surface area contributed by atoms with Gasteiger partial charge in [-0.3, -0.25) is 10.3 Å². The molecule has 1 aromatic heterocycles. The molecule has 1 atom stereocenters. The highest BCUT2D eigenvalue weighted by Crippen LogP contribution is 2.50. The van der Waals surface area contributed by atoms with Crippen LogP contribution < -0.4 is 10.1 Å². The molecule has 2 aliphatic rings. The van der Waals surface area contributed by atoms with Crippen LogP contribution in [0.25, 0.3) is 11.1 Å². The maximum Gasteiger partial charge on any atom is 0.413 e. The number of halogens is 1. The number of fused-ring (bicyclic) bond motifs is 4. The number of carbonyl (C=O) groups is 1. The largest absolute Gasteiger partial charge is 0.457 e. The second-order valence-corrected chi connectivity index (χ2v) is 9.12. The summed E-state index contributed by atoms with van der Waals surface area (Å²) in [5.74, 6) is 0.925. The highest BCUT2D eigenvalue weighted by atomic mass is 19.1. The van der Waals surface area contributed by atoms with Crippen molar-refractivity contribution in [3.63, 3.8) is 0 Å². The number of aromatic nitrogens is 1. The van der Waals surface area contributed by atoms with Crippen LogP contribution in [0, 0.1) is 12.0 Å². The average molecular weight is 460 g/mol. The molecule has 0 fully saturated rings. The molecule has 0 bridgehead atoms. The van der Waals surface area contributed by atoms with E-state index in [2.05, 4.69) is 16.4 Å². The number of pyridine rings is 1. The summed E-state index contributed by atoms with van der Waals surface area (Å²) in [6, 6.07) is 17.2. The maximum atomic E-state index is 14.5. The predicted octanol–water partition coefficient (Wildman–Crippen LogP) is 4.99. The van der Waals surface area contributed by atoms with Gasteiger partial charge in [0.25, 0.3) is 0 Å². The average Bonchev–Trinajstić information content (AvgIpc) is 2.79. The van der Waals surface area contributed by atoms with Gasteiger partial charge in [0.1, 0.15) is 35.1 Å². The minimum absolute atomic E-state index is 0.111. The van der Waals surface area contributed by atoms with E-state index < -0.39 is 23.2 Å². The Balaban J connectivity index is 1.64. The first-order valence-corrected chi connectivity index (χ1v) is 10.9. The number of alkyl carbamates (subject to hydrolysis) is 1. The van der Waals surface area contributed by atoms with Crippen molar-refractivity contribution in [3.05, 3.63) is 77.9 Å². The first-order valence-electron chi connectivity index (χ1n) is 10.9. The third kappa shape index (κ3) is 4.01. The second kappa shape index (κ2) is 8.22. The van der Waals surface area contributed by atoms with E-state index in [-0.39, 0.29) is 13.2 Å². The summed E-state index contributed by atoms with van der Waals surface area (Å²) in [6.45, 7) is 5.67. The first-order chi connectivity index (χ1) is 16.2. The van der Waals surface area contributed by atoms with Gasteiger partial charge in [0, 0.05) is 22.9 Å². The molecule has 2 aromatic carbocycles. The highest BCUT2D eigenvalue weighted by molar-refractivity contribution is 5.97. The van der Waals surface area contributed by atoms with Gasteiger partial charge in [0.05, 0.1) is 6.61 Å². The van der Waals surface area contributed by atoms with Crippen LogP contribution >= 0.6 is 0 Å². The summed E-state index contributed by atoms with van der Waals surface area (Å²) < 4.78 is 31.9. The number of aliphatic imine (C=N–C) groups is 1. The number of nitrogens with zero attached hydrogens (tertiary/aromatic N) is 2. The lowest BCUT2D eigenvalue weighted by Crippen LogP contribution is -2.46. The molecule has 8 heteroatoms. The Bertz CT molecular complexity index is 1300. The molecule has 1 amide bonds. The number of amidine groups is 1. The smallest absolute Gasteiger partial charge is 0.413 e. The molecule has 34 heavy (non-hydrogen) atoms. The first kappa shape index (κ1) is 22.0. The Hall–Kier alpha value is -3.78. The van der Waals surface area contributed by atoms with Crippen LogP contribution in [0.3, 0.4) is 0 Å². The summed E-state index contributed by atoms with van der Waals surface area (Å²) in [5.41, 5.74) is 0.709. The summed E-state index contributed by atoms with van der Waals surface area (Å²) >= 11 is 0. The van der Waals surface area contributed by atoms with Gasteiger partial charge in [-0.25, -0.2) is 9.78 Å². The normalized spacial score (nSPS) is 18.9. The van der Waals surface area contributed by atoms with Gasteiger partial charge in [-0.1, -0.05) is 12.1 Å². The van der Waals surface area contributed by atoms with E-state index in [0.717, 1.165) is 5.56 Å². The number of nitrogens with one attached hydrogen (secondary N) is 1. The molecule has 0 aliphatic carbocycles. The van der Waals surface area contributed by atoms with Crippen molar-refractivity contribution in [2.45, 2.75) is 31.9 Å². The summed E-state index contributed by atoms with van der Waals surface area (Å²) in [4.78, 5) is 21.1. The van der Waals surface area contributed by atoms with E-state index in [0.29, 0.717) is 34.0 Å². The molecule has 0 saturated heterocycles. The third-order valence-electron chi connectivity index (χ3n) is 5.51. The van der Waals surface area contributed by atoms with Crippen molar-refractivity contribution < 1.29 is 23.4 Å². The maximum absolute atomic E-state index is 14.5. The van der Waals surface area contributed by atoms with Gasteiger partial charge in [-0.2, -0.15) is 4.39 Å². The van der Waals surface area contributed by atoms with Crippen molar-refractivity contribution in [2.75, 3.05) is 13.2 Å². The SMILES string of the molecule is CC(C)(C)OC(=O)NC1=N[C@@]2(COC1)c1c[c]ccc1Oc1ccc(-c3cccnc3F)cc12. The van der Waals surface area contributed by atoms with Gasteiger partial charge < -0.3 is 14.2 Å². The van der Waals surface area contributed by atoms with Gasteiger partial charge >= 0.3 is 6.09 Å². The molecular formula is C26H23FN3O4. The van der Waals surface area contributed by atoms with Crippen LogP contribution in [0.15, 0.2) is 59.7 Å². The van der Waals surface area contributed by atoms with Crippen molar-refractivity contribution >= 4 is 11.9 Å². The van der Waals surface area contributed by atoms with E-state index in [9.17, 15) is 9.18 Å². The Labute approximate surface area is 196 Å². The number of amides is 1. The molecule has 1 radical (unpaired) electrons. The monoisotopic (exact) mass is 460 g/mol. The topological polar surface area (TPSA) is 82.0 Å². The molecule has 7 nitrogen and oxygen atoms in total. The van der Waals surface area contributed by atoms with Crippen LogP contribution in [-0.2, 0) is 15.0 Å². The van der Waals surface area contributed by atoms with E-state index >= 15 is 0 Å². The van der Waals surface area contributed by atoms with Crippen molar-refractivity contribution in [1.29, 1.82) is 0 Å². The van der Waals surface area contributed by atoms with Crippen LogP contribution in [0.1, 0.15) is 31.9 Å². The number of benzene rings is 2. The zero-order valence-corrected chi connectivity index (χ0v) is 19.0. The third-order valence-corrected chi connectivity index (χ3v) is 5.51. The number of hydrogen-bond acceptors (Lipinski definition) is 6.